The lowest BCUT2D eigenvalue weighted by molar-refractivity contribution is -0.135. The lowest BCUT2D eigenvalue weighted by atomic mass is 10.2. The fraction of sp³-hybridized carbons (Fsp3) is 0.333. The van der Waals surface area contributed by atoms with Crippen molar-refractivity contribution >= 4 is 55.7 Å². The van der Waals surface area contributed by atoms with E-state index in [0.717, 1.165) is 30.9 Å². The number of aldehydes is 1. The van der Waals surface area contributed by atoms with Crippen LogP contribution in [0.25, 0.3) is 0 Å². The normalized spacial score (nSPS) is 14.5. The van der Waals surface area contributed by atoms with E-state index in [9.17, 15) is 9.59 Å². The molecule has 1 fully saturated rings. The van der Waals surface area contributed by atoms with Crippen LogP contribution in [-0.2, 0) is 11.3 Å². The standard InChI is InChI=1S/C21H21Br2ClN2O4/c1-29-17-10-15(12-27)19(22)20(23)21(17)30-13-18(28)26-8-6-25(7-9-26)11-14-2-4-16(24)5-3-14/h2-5,10,12H,6-9,11,13H2,1H3. The Morgan fingerprint density at radius 3 is 2.40 bits per heavy atom. The van der Waals surface area contributed by atoms with Crippen molar-refractivity contribution < 1.29 is 19.1 Å². The number of carbonyl (C=O) groups is 2. The molecule has 0 spiro atoms. The van der Waals surface area contributed by atoms with Gasteiger partial charge in [-0.2, -0.15) is 0 Å². The molecule has 30 heavy (non-hydrogen) atoms. The second-order valence-electron chi connectivity index (χ2n) is 6.82. The van der Waals surface area contributed by atoms with Crippen molar-refractivity contribution in [2.75, 3.05) is 39.9 Å². The smallest absolute Gasteiger partial charge is 0.260 e. The van der Waals surface area contributed by atoms with Gasteiger partial charge >= 0.3 is 0 Å². The maximum Gasteiger partial charge on any atom is 0.260 e. The van der Waals surface area contributed by atoms with Crippen LogP contribution in [0.5, 0.6) is 11.5 Å². The van der Waals surface area contributed by atoms with E-state index < -0.39 is 0 Å². The summed E-state index contributed by atoms with van der Waals surface area (Å²) in [5.41, 5.74) is 1.62. The van der Waals surface area contributed by atoms with Crippen molar-refractivity contribution in [1.29, 1.82) is 0 Å². The Labute approximate surface area is 197 Å². The lowest BCUT2D eigenvalue weighted by Gasteiger charge is -2.34. The highest BCUT2D eigenvalue weighted by Crippen LogP contribution is 2.42. The molecule has 160 valence electrons. The molecule has 1 amide bonds. The third-order valence-electron chi connectivity index (χ3n) is 4.89. The topological polar surface area (TPSA) is 59.1 Å². The minimum atomic E-state index is -0.112. The first-order valence-corrected chi connectivity index (χ1v) is 11.3. The van der Waals surface area contributed by atoms with Gasteiger partial charge in [-0.05, 0) is 55.6 Å². The highest BCUT2D eigenvalue weighted by atomic mass is 79.9. The Morgan fingerprint density at radius 1 is 1.13 bits per heavy atom. The number of piperazine rings is 1. The predicted molar refractivity (Wildman–Crippen MR) is 123 cm³/mol. The Bertz CT molecular complexity index is 916. The number of rotatable bonds is 7. The molecular weight excluding hydrogens is 540 g/mol. The first-order valence-electron chi connectivity index (χ1n) is 9.31. The average Bonchev–Trinajstić information content (AvgIpc) is 2.76. The summed E-state index contributed by atoms with van der Waals surface area (Å²) in [5, 5.41) is 0.727. The Balaban J connectivity index is 1.55. The molecule has 0 saturated carbocycles. The van der Waals surface area contributed by atoms with Crippen LogP contribution in [0, 0.1) is 0 Å². The van der Waals surface area contributed by atoms with Gasteiger partial charge < -0.3 is 14.4 Å². The number of carbonyl (C=O) groups excluding carboxylic acids is 2. The van der Waals surface area contributed by atoms with Crippen molar-refractivity contribution in [2.45, 2.75) is 6.54 Å². The van der Waals surface area contributed by atoms with Gasteiger partial charge in [0.25, 0.3) is 5.91 Å². The highest BCUT2D eigenvalue weighted by Gasteiger charge is 2.23. The minimum absolute atomic E-state index is 0.0920. The molecule has 1 aliphatic rings. The molecule has 0 N–H and O–H groups in total. The van der Waals surface area contributed by atoms with E-state index >= 15 is 0 Å². The van der Waals surface area contributed by atoms with Crippen LogP contribution in [0.3, 0.4) is 0 Å². The van der Waals surface area contributed by atoms with E-state index in [1.54, 1.807) is 11.0 Å². The molecule has 0 atom stereocenters. The summed E-state index contributed by atoms with van der Waals surface area (Å²) >= 11 is 12.7. The van der Waals surface area contributed by atoms with Crippen LogP contribution < -0.4 is 9.47 Å². The van der Waals surface area contributed by atoms with Crippen LogP contribution in [0.15, 0.2) is 39.3 Å². The molecule has 0 radical (unpaired) electrons. The second-order valence-corrected chi connectivity index (χ2v) is 8.84. The first-order chi connectivity index (χ1) is 14.4. The number of benzene rings is 2. The van der Waals surface area contributed by atoms with Crippen molar-refractivity contribution in [1.82, 2.24) is 9.80 Å². The quantitative estimate of drug-likeness (QED) is 0.470. The number of amides is 1. The molecule has 1 aliphatic heterocycles. The summed E-state index contributed by atoms with van der Waals surface area (Å²) in [5.74, 6) is 0.670. The van der Waals surface area contributed by atoms with Crippen LogP contribution in [0.1, 0.15) is 15.9 Å². The molecule has 1 saturated heterocycles. The molecule has 3 rings (SSSR count). The van der Waals surface area contributed by atoms with Gasteiger partial charge in [0, 0.05) is 47.8 Å². The van der Waals surface area contributed by atoms with E-state index in [0.29, 0.717) is 39.1 Å². The number of hydrogen-bond donors (Lipinski definition) is 0. The summed E-state index contributed by atoms with van der Waals surface area (Å²) in [4.78, 5) is 27.9. The molecule has 1 heterocycles. The Hall–Kier alpha value is -1.61. The van der Waals surface area contributed by atoms with E-state index in [2.05, 4.69) is 36.8 Å². The van der Waals surface area contributed by atoms with E-state index in [-0.39, 0.29) is 12.5 Å². The fourth-order valence-electron chi connectivity index (χ4n) is 3.21. The van der Waals surface area contributed by atoms with Crippen LogP contribution in [0.4, 0.5) is 0 Å². The zero-order valence-electron chi connectivity index (χ0n) is 16.4. The number of hydrogen-bond acceptors (Lipinski definition) is 5. The Morgan fingerprint density at radius 2 is 1.80 bits per heavy atom. The first kappa shape index (κ1) is 23.1. The number of halogens is 3. The van der Waals surface area contributed by atoms with Crippen molar-refractivity contribution in [3.05, 3.63) is 55.4 Å². The molecule has 2 aromatic rings. The van der Waals surface area contributed by atoms with Crippen LogP contribution in [-0.4, -0.2) is 61.9 Å². The molecule has 0 unspecified atom stereocenters. The van der Waals surface area contributed by atoms with Gasteiger partial charge in [-0.1, -0.05) is 23.7 Å². The van der Waals surface area contributed by atoms with Crippen LogP contribution >= 0.6 is 43.5 Å². The molecule has 0 aliphatic carbocycles. The van der Waals surface area contributed by atoms with Crippen molar-refractivity contribution in [2.24, 2.45) is 0 Å². The summed E-state index contributed by atoms with van der Waals surface area (Å²) in [6.07, 6.45) is 0.718. The minimum Gasteiger partial charge on any atom is -0.493 e. The molecule has 9 heteroatoms. The largest absolute Gasteiger partial charge is 0.493 e. The van der Waals surface area contributed by atoms with Gasteiger partial charge in [-0.3, -0.25) is 14.5 Å². The molecular formula is C21H21Br2ClN2O4. The molecule has 0 aromatic heterocycles. The number of nitrogens with zero attached hydrogens (tertiary/aromatic N) is 2. The van der Waals surface area contributed by atoms with Gasteiger partial charge in [0.1, 0.15) is 0 Å². The average molecular weight is 561 g/mol. The van der Waals surface area contributed by atoms with Crippen molar-refractivity contribution in [3.8, 4) is 11.5 Å². The van der Waals surface area contributed by atoms with Crippen LogP contribution in [0.2, 0.25) is 5.02 Å². The maximum atomic E-state index is 12.6. The van der Waals surface area contributed by atoms with Gasteiger partial charge in [-0.25, -0.2) is 0 Å². The monoisotopic (exact) mass is 558 g/mol. The molecule has 6 nitrogen and oxygen atoms in total. The zero-order valence-corrected chi connectivity index (χ0v) is 20.3. The molecule has 0 bridgehead atoms. The van der Waals surface area contributed by atoms with Gasteiger partial charge in [0.15, 0.2) is 24.4 Å². The van der Waals surface area contributed by atoms with E-state index in [4.69, 9.17) is 21.1 Å². The summed E-state index contributed by atoms with van der Waals surface area (Å²) in [6, 6.07) is 9.39. The summed E-state index contributed by atoms with van der Waals surface area (Å²) in [7, 11) is 1.48. The zero-order chi connectivity index (χ0) is 21.7. The highest BCUT2D eigenvalue weighted by molar-refractivity contribution is 9.13. The van der Waals surface area contributed by atoms with Crippen molar-refractivity contribution in [3.63, 3.8) is 0 Å². The third-order valence-corrected chi connectivity index (χ3v) is 7.28. The maximum absolute atomic E-state index is 12.6. The SMILES string of the molecule is COc1cc(C=O)c(Br)c(Br)c1OCC(=O)N1CCN(Cc2ccc(Cl)cc2)CC1. The fourth-order valence-corrected chi connectivity index (χ4v) is 4.26. The third kappa shape index (κ3) is 5.55. The second kappa shape index (κ2) is 10.6. The number of methoxy groups -OCH3 is 1. The van der Waals surface area contributed by atoms with Gasteiger partial charge in [0.05, 0.1) is 11.6 Å². The van der Waals surface area contributed by atoms with E-state index in [1.807, 2.05) is 24.3 Å². The summed E-state index contributed by atoms with van der Waals surface area (Å²) < 4.78 is 12.1. The number of ether oxygens (including phenoxy) is 2. The lowest BCUT2D eigenvalue weighted by Crippen LogP contribution is -2.49. The summed E-state index contributed by atoms with van der Waals surface area (Å²) in [6.45, 7) is 3.58. The predicted octanol–water partition coefficient (Wildman–Crippen LogP) is 4.41. The van der Waals surface area contributed by atoms with Gasteiger partial charge in [-0.15, -0.1) is 0 Å². The Kier molecular flexibility index (Phi) is 8.16. The van der Waals surface area contributed by atoms with E-state index in [1.165, 1.54) is 12.7 Å². The van der Waals surface area contributed by atoms with Gasteiger partial charge in [0.2, 0.25) is 0 Å². The molecule has 2 aromatic carbocycles.